The molecule has 1 aliphatic heterocycles. The maximum absolute atomic E-state index is 9.73. The second-order valence-electron chi connectivity index (χ2n) is 4.53. The van der Waals surface area contributed by atoms with Crippen LogP contribution in [0.15, 0.2) is 0 Å². The van der Waals surface area contributed by atoms with Gasteiger partial charge in [0.05, 0.1) is 6.10 Å². The zero-order valence-corrected chi connectivity index (χ0v) is 9.00. The topological polar surface area (TPSA) is 23.5 Å². The predicted molar refractivity (Wildman–Crippen MR) is 55.8 cm³/mol. The Morgan fingerprint density at radius 3 is 2.08 bits per heavy atom. The molecule has 1 atom stereocenters. The lowest BCUT2D eigenvalue weighted by Crippen LogP contribution is -2.35. The molecule has 1 aliphatic rings. The zero-order chi connectivity index (χ0) is 9.68. The Labute approximate surface area is 81.9 Å². The maximum atomic E-state index is 9.73. The first kappa shape index (κ1) is 11.0. The highest BCUT2D eigenvalue weighted by atomic mass is 16.3. The van der Waals surface area contributed by atoms with E-state index in [4.69, 9.17) is 0 Å². The van der Waals surface area contributed by atoms with E-state index in [1.165, 1.54) is 38.8 Å². The van der Waals surface area contributed by atoms with Crippen molar-refractivity contribution in [2.45, 2.75) is 45.6 Å². The summed E-state index contributed by atoms with van der Waals surface area (Å²) < 4.78 is 0. The van der Waals surface area contributed by atoms with Gasteiger partial charge in [-0.2, -0.15) is 0 Å². The minimum absolute atomic E-state index is 0.141. The van der Waals surface area contributed by atoms with E-state index in [0.717, 1.165) is 6.54 Å². The van der Waals surface area contributed by atoms with Crippen molar-refractivity contribution >= 4 is 0 Å². The molecular formula is C11H23NO. The van der Waals surface area contributed by atoms with Crippen LogP contribution in [0, 0.1) is 5.92 Å². The van der Waals surface area contributed by atoms with E-state index in [1.54, 1.807) is 0 Å². The second-order valence-corrected chi connectivity index (χ2v) is 4.53. The highest BCUT2D eigenvalue weighted by Gasteiger charge is 2.15. The molecule has 13 heavy (non-hydrogen) atoms. The van der Waals surface area contributed by atoms with E-state index >= 15 is 0 Å². The van der Waals surface area contributed by atoms with Gasteiger partial charge in [0.25, 0.3) is 0 Å². The van der Waals surface area contributed by atoms with Gasteiger partial charge in [0.15, 0.2) is 0 Å². The summed E-state index contributed by atoms with van der Waals surface area (Å²) in [6.07, 6.45) is 5.22. The second kappa shape index (κ2) is 5.61. The monoisotopic (exact) mass is 185 g/mol. The van der Waals surface area contributed by atoms with Crippen molar-refractivity contribution in [3.8, 4) is 0 Å². The fourth-order valence-corrected chi connectivity index (χ4v) is 1.79. The summed E-state index contributed by atoms with van der Waals surface area (Å²) in [5.74, 6) is 0.392. The van der Waals surface area contributed by atoms with Gasteiger partial charge >= 0.3 is 0 Å². The molecule has 0 spiro atoms. The Kier molecular flexibility index (Phi) is 4.74. The third-order valence-electron chi connectivity index (χ3n) is 2.91. The number of nitrogens with zero attached hydrogens (tertiary/aromatic N) is 1. The van der Waals surface area contributed by atoms with Crippen molar-refractivity contribution in [2.24, 2.45) is 5.92 Å². The minimum Gasteiger partial charge on any atom is -0.392 e. The molecule has 1 fully saturated rings. The van der Waals surface area contributed by atoms with Gasteiger partial charge in [0, 0.05) is 6.54 Å². The Morgan fingerprint density at radius 2 is 1.62 bits per heavy atom. The van der Waals surface area contributed by atoms with E-state index in [-0.39, 0.29) is 6.10 Å². The molecule has 0 amide bonds. The van der Waals surface area contributed by atoms with E-state index in [0.29, 0.717) is 5.92 Å². The normalized spacial score (nSPS) is 23.1. The molecule has 1 saturated heterocycles. The van der Waals surface area contributed by atoms with Gasteiger partial charge < -0.3 is 10.0 Å². The molecule has 1 heterocycles. The molecule has 0 aromatic heterocycles. The van der Waals surface area contributed by atoms with Crippen LogP contribution in [-0.2, 0) is 0 Å². The molecule has 1 rings (SSSR count). The largest absolute Gasteiger partial charge is 0.392 e. The molecular weight excluding hydrogens is 162 g/mol. The number of aliphatic hydroxyl groups excluding tert-OH is 1. The molecule has 2 nitrogen and oxygen atoms in total. The number of hydrogen-bond acceptors (Lipinski definition) is 2. The molecule has 0 aromatic carbocycles. The number of hydrogen-bond donors (Lipinski definition) is 1. The number of rotatable bonds is 3. The Morgan fingerprint density at radius 1 is 1.08 bits per heavy atom. The molecule has 0 bridgehead atoms. The standard InChI is InChI=1S/C11H23NO/c1-10(2)11(13)9-12-7-5-3-4-6-8-12/h10-11,13H,3-9H2,1-2H3. The van der Waals surface area contributed by atoms with Crippen LogP contribution in [0.25, 0.3) is 0 Å². The summed E-state index contributed by atoms with van der Waals surface area (Å²) in [7, 11) is 0. The smallest absolute Gasteiger partial charge is 0.0689 e. The average Bonchev–Trinajstić information content (AvgIpc) is 2.32. The minimum atomic E-state index is -0.141. The van der Waals surface area contributed by atoms with Gasteiger partial charge in [-0.3, -0.25) is 0 Å². The highest BCUT2D eigenvalue weighted by Crippen LogP contribution is 2.11. The molecule has 78 valence electrons. The van der Waals surface area contributed by atoms with Crippen molar-refractivity contribution in [3.63, 3.8) is 0 Å². The van der Waals surface area contributed by atoms with E-state index < -0.39 is 0 Å². The van der Waals surface area contributed by atoms with Crippen molar-refractivity contribution in [1.82, 2.24) is 4.90 Å². The molecule has 2 heteroatoms. The summed E-state index contributed by atoms with van der Waals surface area (Å²) in [4.78, 5) is 2.41. The van der Waals surface area contributed by atoms with Crippen LogP contribution in [0.2, 0.25) is 0 Å². The van der Waals surface area contributed by atoms with Gasteiger partial charge in [-0.1, -0.05) is 26.7 Å². The van der Waals surface area contributed by atoms with Crippen molar-refractivity contribution in [3.05, 3.63) is 0 Å². The Hall–Kier alpha value is -0.0800. The maximum Gasteiger partial charge on any atom is 0.0689 e. The molecule has 1 N–H and O–H groups in total. The van der Waals surface area contributed by atoms with Crippen LogP contribution in [0.5, 0.6) is 0 Å². The van der Waals surface area contributed by atoms with Gasteiger partial charge in [-0.25, -0.2) is 0 Å². The zero-order valence-electron chi connectivity index (χ0n) is 9.00. The first-order chi connectivity index (χ1) is 6.20. The number of likely N-dealkylation sites (tertiary alicyclic amines) is 1. The lowest BCUT2D eigenvalue weighted by Gasteiger charge is -2.24. The van der Waals surface area contributed by atoms with Crippen LogP contribution < -0.4 is 0 Å². The SMILES string of the molecule is CC(C)C(O)CN1CCCCCC1. The van der Waals surface area contributed by atoms with E-state index in [1.807, 2.05) is 0 Å². The van der Waals surface area contributed by atoms with Gasteiger partial charge in [0.1, 0.15) is 0 Å². The third-order valence-corrected chi connectivity index (χ3v) is 2.91. The summed E-state index contributed by atoms with van der Waals surface area (Å²) in [6, 6.07) is 0. The fraction of sp³-hybridized carbons (Fsp3) is 1.00. The Bertz CT molecular complexity index is 128. The van der Waals surface area contributed by atoms with Crippen LogP contribution >= 0.6 is 0 Å². The lowest BCUT2D eigenvalue weighted by atomic mass is 10.1. The molecule has 0 saturated carbocycles. The first-order valence-electron chi connectivity index (χ1n) is 5.60. The van der Waals surface area contributed by atoms with Crippen LogP contribution in [0.4, 0.5) is 0 Å². The van der Waals surface area contributed by atoms with Crippen LogP contribution in [0.1, 0.15) is 39.5 Å². The number of β-amino-alcohol motifs (C(OH)–C–C–N with tert-alkyl or cyclic N) is 1. The Balaban J connectivity index is 2.25. The molecule has 1 unspecified atom stereocenters. The van der Waals surface area contributed by atoms with Gasteiger partial charge in [0.2, 0.25) is 0 Å². The molecule has 0 radical (unpaired) electrons. The quantitative estimate of drug-likeness (QED) is 0.725. The highest BCUT2D eigenvalue weighted by molar-refractivity contribution is 4.69. The van der Waals surface area contributed by atoms with E-state index in [9.17, 15) is 5.11 Å². The van der Waals surface area contributed by atoms with Crippen molar-refractivity contribution in [1.29, 1.82) is 0 Å². The fourth-order valence-electron chi connectivity index (χ4n) is 1.79. The lowest BCUT2D eigenvalue weighted by molar-refractivity contribution is 0.0777. The first-order valence-corrected chi connectivity index (χ1v) is 5.60. The van der Waals surface area contributed by atoms with Crippen molar-refractivity contribution in [2.75, 3.05) is 19.6 Å². The van der Waals surface area contributed by atoms with Gasteiger partial charge in [-0.15, -0.1) is 0 Å². The summed E-state index contributed by atoms with van der Waals surface area (Å²) >= 11 is 0. The van der Waals surface area contributed by atoms with Gasteiger partial charge in [-0.05, 0) is 31.8 Å². The molecule has 0 aromatic rings. The summed E-state index contributed by atoms with van der Waals surface area (Å²) in [6.45, 7) is 7.41. The van der Waals surface area contributed by atoms with Crippen molar-refractivity contribution < 1.29 is 5.11 Å². The summed E-state index contributed by atoms with van der Waals surface area (Å²) in [5, 5.41) is 9.73. The predicted octanol–water partition coefficient (Wildman–Crippen LogP) is 1.88. The average molecular weight is 185 g/mol. The third kappa shape index (κ3) is 4.10. The summed E-state index contributed by atoms with van der Waals surface area (Å²) in [5.41, 5.74) is 0. The van der Waals surface area contributed by atoms with E-state index in [2.05, 4.69) is 18.7 Å². The molecule has 0 aliphatic carbocycles. The van der Waals surface area contributed by atoms with Crippen LogP contribution in [-0.4, -0.2) is 35.7 Å². The number of aliphatic hydroxyl groups is 1. The van der Waals surface area contributed by atoms with Crippen LogP contribution in [0.3, 0.4) is 0 Å².